The Labute approximate surface area is 221 Å². The van der Waals surface area contributed by atoms with Crippen LogP contribution in [-0.2, 0) is 22.9 Å². The summed E-state index contributed by atoms with van der Waals surface area (Å²) >= 11 is 11.9. The number of alkyl halides is 2. The predicted molar refractivity (Wildman–Crippen MR) is 143 cm³/mol. The number of carbonyl (C=O) groups excluding carboxylic acids is 2. The third kappa shape index (κ3) is 6.25. The van der Waals surface area contributed by atoms with Crippen molar-refractivity contribution in [3.05, 3.63) is 88.6 Å². The van der Waals surface area contributed by atoms with E-state index in [9.17, 15) is 9.59 Å². The molecule has 0 aliphatic carbocycles. The van der Waals surface area contributed by atoms with Gasteiger partial charge in [-0.2, -0.15) is 0 Å². The fraction of sp³-hybridized carbons (Fsp3) is 0.321. The molecule has 4 rings (SSSR count). The molecule has 1 fully saturated rings. The number of pyridine rings is 1. The summed E-state index contributed by atoms with van der Waals surface area (Å²) in [5.74, 6) is 0.671. The van der Waals surface area contributed by atoms with Gasteiger partial charge in [0, 0.05) is 67.2 Å². The predicted octanol–water partition coefficient (Wildman–Crippen LogP) is 5.01. The zero-order valence-corrected chi connectivity index (χ0v) is 21.8. The summed E-state index contributed by atoms with van der Waals surface area (Å²) in [5.41, 5.74) is 5.42. The van der Waals surface area contributed by atoms with Crippen molar-refractivity contribution < 1.29 is 14.3 Å². The summed E-state index contributed by atoms with van der Waals surface area (Å²) in [6.45, 7) is 2.72. The summed E-state index contributed by atoms with van der Waals surface area (Å²) < 4.78 is 5.40. The lowest BCUT2D eigenvalue weighted by Crippen LogP contribution is -2.40. The maximum atomic E-state index is 13.3. The van der Waals surface area contributed by atoms with E-state index in [0.29, 0.717) is 67.8 Å². The van der Waals surface area contributed by atoms with Gasteiger partial charge in [0.2, 0.25) is 0 Å². The van der Waals surface area contributed by atoms with Crippen molar-refractivity contribution in [3.8, 4) is 11.3 Å². The van der Waals surface area contributed by atoms with Gasteiger partial charge < -0.3 is 14.5 Å². The number of hydrogen-bond donors (Lipinski definition) is 0. The standard InChI is InChI=1S/C28H29Cl2N3O3/c1-32(27(34)22-8-5-20(18-29)6-9-22)12-11-23-3-2-4-26(31-23)25-17-21(19-30)7-10-24(25)28(35)33-13-15-36-16-14-33/h2-10,17H,11-16,18-19H2,1H3. The van der Waals surface area contributed by atoms with Crippen molar-refractivity contribution in [2.45, 2.75) is 18.2 Å². The Bertz CT molecular complexity index is 1210. The van der Waals surface area contributed by atoms with Crippen LogP contribution in [0.4, 0.5) is 0 Å². The zero-order valence-electron chi connectivity index (χ0n) is 20.3. The molecule has 0 bridgehead atoms. The number of benzene rings is 2. The van der Waals surface area contributed by atoms with Crippen molar-refractivity contribution in [2.75, 3.05) is 39.9 Å². The minimum absolute atomic E-state index is 0.0351. The molecule has 0 saturated carbocycles. The van der Waals surface area contributed by atoms with Gasteiger partial charge in [-0.05, 0) is 47.5 Å². The van der Waals surface area contributed by atoms with Gasteiger partial charge in [0.15, 0.2) is 0 Å². The summed E-state index contributed by atoms with van der Waals surface area (Å²) in [6.07, 6.45) is 0.581. The molecule has 0 N–H and O–H groups in total. The molecule has 1 aromatic heterocycles. The van der Waals surface area contributed by atoms with E-state index in [-0.39, 0.29) is 11.8 Å². The van der Waals surface area contributed by atoms with Crippen LogP contribution in [0.2, 0.25) is 0 Å². The Kier molecular flexibility index (Phi) is 8.97. The van der Waals surface area contributed by atoms with E-state index < -0.39 is 0 Å². The number of likely N-dealkylation sites (N-methyl/N-ethyl adjacent to an activating group) is 1. The molecule has 8 heteroatoms. The van der Waals surface area contributed by atoms with Crippen LogP contribution in [0, 0.1) is 0 Å². The number of hydrogen-bond acceptors (Lipinski definition) is 4. The molecular weight excluding hydrogens is 497 g/mol. The molecule has 0 atom stereocenters. The highest BCUT2D eigenvalue weighted by Gasteiger charge is 2.22. The number of halogens is 2. The smallest absolute Gasteiger partial charge is 0.254 e. The van der Waals surface area contributed by atoms with E-state index in [2.05, 4.69) is 0 Å². The number of morpholine rings is 1. The van der Waals surface area contributed by atoms with E-state index in [0.717, 1.165) is 22.4 Å². The van der Waals surface area contributed by atoms with E-state index in [1.807, 2.05) is 53.4 Å². The summed E-state index contributed by atoms with van der Waals surface area (Å²) in [7, 11) is 1.78. The molecule has 6 nitrogen and oxygen atoms in total. The number of ether oxygens (including phenoxy) is 1. The fourth-order valence-electron chi connectivity index (χ4n) is 4.12. The lowest BCUT2D eigenvalue weighted by molar-refractivity contribution is 0.0303. The Hall–Kier alpha value is -2.93. The highest BCUT2D eigenvalue weighted by Crippen LogP contribution is 2.26. The van der Waals surface area contributed by atoms with E-state index in [1.54, 1.807) is 24.1 Å². The maximum Gasteiger partial charge on any atom is 0.254 e. The number of aromatic nitrogens is 1. The van der Waals surface area contributed by atoms with E-state index >= 15 is 0 Å². The van der Waals surface area contributed by atoms with Gasteiger partial charge in [0.1, 0.15) is 0 Å². The van der Waals surface area contributed by atoms with Gasteiger partial charge in [-0.1, -0.05) is 24.3 Å². The average Bonchev–Trinajstić information content (AvgIpc) is 2.95. The Morgan fingerprint density at radius 2 is 1.67 bits per heavy atom. The molecule has 0 spiro atoms. The first-order chi connectivity index (χ1) is 17.5. The van der Waals surface area contributed by atoms with Crippen molar-refractivity contribution in [2.24, 2.45) is 0 Å². The van der Waals surface area contributed by atoms with Crippen LogP contribution in [0.15, 0.2) is 60.7 Å². The minimum atomic E-state index is -0.0551. The topological polar surface area (TPSA) is 62.7 Å². The van der Waals surface area contributed by atoms with Crippen LogP contribution in [0.5, 0.6) is 0 Å². The lowest BCUT2D eigenvalue weighted by atomic mass is 9.99. The maximum absolute atomic E-state index is 13.3. The normalized spacial score (nSPS) is 13.5. The monoisotopic (exact) mass is 525 g/mol. The van der Waals surface area contributed by atoms with Crippen molar-refractivity contribution in [3.63, 3.8) is 0 Å². The number of amides is 2. The highest BCUT2D eigenvalue weighted by molar-refractivity contribution is 6.17. The Balaban J connectivity index is 1.51. The molecule has 1 aliphatic rings. The first-order valence-electron chi connectivity index (χ1n) is 11.9. The first kappa shape index (κ1) is 26.1. The quantitative estimate of drug-likeness (QED) is 0.387. The third-order valence-corrected chi connectivity index (χ3v) is 6.87. The Morgan fingerprint density at radius 1 is 0.972 bits per heavy atom. The van der Waals surface area contributed by atoms with Gasteiger partial charge in [-0.15, -0.1) is 23.2 Å². The van der Waals surface area contributed by atoms with Crippen LogP contribution >= 0.6 is 23.2 Å². The second-order valence-corrected chi connectivity index (χ2v) is 9.27. The number of rotatable bonds is 8. The molecule has 1 aliphatic heterocycles. The molecular formula is C28H29Cl2N3O3. The van der Waals surface area contributed by atoms with Crippen LogP contribution in [0.3, 0.4) is 0 Å². The van der Waals surface area contributed by atoms with Crippen LogP contribution in [0.25, 0.3) is 11.3 Å². The second kappa shape index (κ2) is 12.3. The molecule has 1 saturated heterocycles. The SMILES string of the molecule is CN(CCc1cccc(-c2cc(CCl)ccc2C(=O)N2CCOCC2)n1)C(=O)c1ccc(CCl)cc1. The van der Waals surface area contributed by atoms with Gasteiger partial charge in [-0.25, -0.2) is 0 Å². The van der Waals surface area contributed by atoms with Crippen LogP contribution in [-0.4, -0.2) is 66.5 Å². The summed E-state index contributed by atoms with van der Waals surface area (Å²) in [6, 6.07) is 18.8. The first-order valence-corrected chi connectivity index (χ1v) is 13.0. The average molecular weight is 526 g/mol. The van der Waals surface area contributed by atoms with Crippen molar-refractivity contribution in [1.82, 2.24) is 14.8 Å². The minimum Gasteiger partial charge on any atom is -0.378 e. The van der Waals surface area contributed by atoms with Crippen LogP contribution in [0.1, 0.15) is 37.5 Å². The second-order valence-electron chi connectivity index (χ2n) is 8.74. The molecule has 188 valence electrons. The number of carbonyl (C=O) groups is 2. The molecule has 2 aromatic carbocycles. The van der Waals surface area contributed by atoms with Crippen LogP contribution < -0.4 is 0 Å². The van der Waals surface area contributed by atoms with Gasteiger partial charge in [-0.3, -0.25) is 14.6 Å². The van der Waals surface area contributed by atoms with E-state index in [1.165, 1.54) is 0 Å². The molecule has 0 radical (unpaired) electrons. The van der Waals surface area contributed by atoms with Gasteiger partial charge >= 0.3 is 0 Å². The highest BCUT2D eigenvalue weighted by atomic mass is 35.5. The zero-order chi connectivity index (χ0) is 25.5. The number of nitrogens with zero attached hydrogens (tertiary/aromatic N) is 3. The fourth-order valence-corrected chi connectivity index (χ4v) is 4.46. The lowest BCUT2D eigenvalue weighted by Gasteiger charge is -2.27. The van der Waals surface area contributed by atoms with Crippen molar-refractivity contribution in [1.29, 1.82) is 0 Å². The summed E-state index contributed by atoms with van der Waals surface area (Å²) in [5, 5.41) is 0. The van der Waals surface area contributed by atoms with Gasteiger partial charge in [0.25, 0.3) is 11.8 Å². The molecule has 2 amide bonds. The molecule has 36 heavy (non-hydrogen) atoms. The molecule has 3 aromatic rings. The van der Waals surface area contributed by atoms with E-state index in [4.69, 9.17) is 32.9 Å². The third-order valence-electron chi connectivity index (χ3n) is 6.25. The van der Waals surface area contributed by atoms with Gasteiger partial charge in [0.05, 0.1) is 18.9 Å². The molecule has 0 unspecified atom stereocenters. The largest absolute Gasteiger partial charge is 0.378 e. The summed E-state index contributed by atoms with van der Waals surface area (Å²) in [4.78, 5) is 34.4. The molecule has 2 heterocycles. The Morgan fingerprint density at radius 3 is 2.36 bits per heavy atom. The van der Waals surface area contributed by atoms with Crippen molar-refractivity contribution >= 4 is 35.0 Å².